The maximum Gasteiger partial charge on any atom is 0.356 e. The third-order valence-electron chi connectivity index (χ3n) is 1.48. The van der Waals surface area contributed by atoms with Crippen molar-refractivity contribution in [2.45, 2.75) is 0 Å². The van der Waals surface area contributed by atoms with Gasteiger partial charge in [-0.15, -0.1) is 0 Å². The topological polar surface area (TPSA) is 61.2 Å². The Kier molecular flexibility index (Phi) is 2.67. The molecule has 0 saturated heterocycles. The number of carbonyl (C=O) groups is 2. The summed E-state index contributed by atoms with van der Waals surface area (Å²) in [5.41, 5.74) is 0.219. The average molecular weight is 203 g/mol. The smallest absolute Gasteiger partial charge is 0.356 e. The van der Waals surface area contributed by atoms with Crippen molar-refractivity contribution < 1.29 is 14.3 Å². The molecule has 0 atom stereocenters. The minimum Gasteiger partial charge on any atom is -0.464 e. The summed E-state index contributed by atoms with van der Waals surface area (Å²) in [6, 6.07) is 1.28. The average Bonchev–Trinajstić information content (AvgIpc) is 2.46. The molecule has 5 nitrogen and oxygen atoms in total. The number of methoxy groups -OCH3 is 1. The van der Waals surface area contributed by atoms with Crippen molar-refractivity contribution in [3.05, 3.63) is 17.5 Å². The van der Waals surface area contributed by atoms with Crippen molar-refractivity contribution in [2.75, 3.05) is 7.11 Å². The second kappa shape index (κ2) is 3.57. The molecule has 0 amide bonds. The van der Waals surface area contributed by atoms with E-state index in [4.69, 9.17) is 11.6 Å². The molecular weight excluding hydrogens is 196 g/mol. The maximum atomic E-state index is 11.0. The normalized spacial score (nSPS) is 9.77. The number of esters is 1. The number of nitrogens with zero attached hydrogens (tertiary/aromatic N) is 2. The molecule has 0 fully saturated rings. The Morgan fingerprint density at radius 1 is 1.62 bits per heavy atom. The van der Waals surface area contributed by atoms with Crippen LogP contribution in [0.4, 0.5) is 0 Å². The van der Waals surface area contributed by atoms with E-state index in [9.17, 15) is 9.59 Å². The van der Waals surface area contributed by atoms with Gasteiger partial charge in [0.1, 0.15) is 11.4 Å². The minimum absolute atomic E-state index is 0.0320. The van der Waals surface area contributed by atoms with Gasteiger partial charge in [0.05, 0.1) is 7.11 Å². The number of carbonyl (C=O) groups excluding carboxylic acids is 2. The van der Waals surface area contributed by atoms with Crippen LogP contribution in [0.2, 0.25) is 0 Å². The summed E-state index contributed by atoms with van der Waals surface area (Å²) < 4.78 is 5.69. The number of aromatic nitrogens is 2. The molecule has 13 heavy (non-hydrogen) atoms. The number of ether oxygens (including phenoxy) is 1. The van der Waals surface area contributed by atoms with Gasteiger partial charge in [-0.2, -0.15) is 5.10 Å². The lowest BCUT2D eigenvalue weighted by atomic mass is 10.4. The van der Waals surface area contributed by atoms with Crippen LogP contribution in [0.5, 0.6) is 0 Å². The summed E-state index contributed by atoms with van der Waals surface area (Å²) in [5.74, 6) is -0.556. The first-order valence-corrected chi connectivity index (χ1v) is 3.76. The van der Waals surface area contributed by atoms with Crippen LogP contribution < -0.4 is 0 Å². The van der Waals surface area contributed by atoms with E-state index >= 15 is 0 Å². The quantitative estimate of drug-likeness (QED) is 0.520. The molecular formula is C7H7ClN2O3. The van der Waals surface area contributed by atoms with Crippen molar-refractivity contribution in [1.29, 1.82) is 0 Å². The summed E-state index contributed by atoms with van der Waals surface area (Å²) in [6.45, 7) is 0. The van der Waals surface area contributed by atoms with Crippen LogP contribution in [-0.4, -0.2) is 28.1 Å². The predicted octanol–water partition coefficient (Wildman–Crippen LogP) is 0.586. The number of hydrogen-bond donors (Lipinski definition) is 0. The highest BCUT2D eigenvalue weighted by Gasteiger charge is 2.16. The van der Waals surface area contributed by atoms with Crippen LogP contribution in [0.25, 0.3) is 0 Å². The summed E-state index contributed by atoms with van der Waals surface area (Å²) in [5, 5.41) is 3.01. The van der Waals surface area contributed by atoms with Crippen LogP contribution in [0, 0.1) is 0 Å². The number of aryl methyl sites for hydroxylation is 1. The van der Waals surface area contributed by atoms with Crippen molar-refractivity contribution in [3.8, 4) is 0 Å². The Bertz CT molecular complexity index is 359. The Morgan fingerprint density at radius 2 is 2.23 bits per heavy atom. The van der Waals surface area contributed by atoms with E-state index in [1.54, 1.807) is 0 Å². The lowest BCUT2D eigenvalue weighted by Crippen LogP contribution is -2.07. The monoisotopic (exact) mass is 202 g/mol. The molecule has 0 bridgehead atoms. The third-order valence-corrected chi connectivity index (χ3v) is 1.67. The van der Waals surface area contributed by atoms with E-state index in [1.807, 2.05) is 0 Å². The van der Waals surface area contributed by atoms with Crippen molar-refractivity contribution >= 4 is 22.8 Å². The molecule has 0 spiro atoms. The number of rotatable bonds is 2. The summed E-state index contributed by atoms with van der Waals surface area (Å²) in [6.07, 6.45) is 0. The Labute approximate surface area is 79.2 Å². The fourth-order valence-electron chi connectivity index (χ4n) is 0.859. The van der Waals surface area contributed by atoms with E-state index in [-0.39, 0.29) is 11.4 Å². The summed E-state index contributed by atoms with van der Waals surface area (Å²) >= 11 is 5.17. The molecule has 0 N–H and O–H groups in total. The zero-order valence-corrected chi connectivity index (χ0v) is 7.83. The van der Waals surface area contributed by atoms with Gasteiger partial charge in [0.25, 0.3) is 5.24 Å². The first-order chi connectivity index (χ1) is 6.06. The molecule has 0 aliphatic carbocycles. The molecule has 1 aromatic rings. The molecule has 0 radical (unpaired) electrons. The Balaban J connectivity index is 3.10. The van der Waals surface area contributed by atoms with Crippen LogP contribution >= 0.6 is 11.6 Å². The van der Waals surface area contributed by atoms with Gasteiger partial charge in [0.15, 0.2) is 0 Å². The van der Waals surface area contributed by atoms with Gasteiger partial charge >= 0.3 is 5.97 Å². The Morgan fingerprint density at radius 3 is 2.62 bits per heavy atom. The van der Waals surface area contributed by atoms with Gasteiger partial charge in [0, 0.05) is 13.1 Å². The summed E-state index contributed by atoms with van der Waals surface area (Å²) in [7, 11) is 2.77. The van der Waals surface area contributed by atoms with E-state index in [0.717, 1.165) is 0 Å². The fourth-order valence-corrected chi connectivity index (χ4v) is 0.951. The van der Waals surface area contributed by atoms with Crippen LogP contribution in [0.3, 0.4) is 0 Å². The molecule has 0 aliphatic rings. The third kappa shape index (κ3) is 1.86. The minimum atomic E-state index is -0.703. The molecule has 70 valence electrons. The van der Waals surface area contributed by atoms with E-state index in [2.05, 4.69) is 9.84 Å². The van der Waals surface area contributed by atoms with Gasteiger partial charge in [0.2, 0.25) is 0 Å². The molecule has 1 heterocycles. The van der Waals surface area contributed by atoms with Crippen LogP contribution in [-0.2, 0) is 11.8 Å². The van der Waals surface area contributed by atoms with Gasteiger partial charge in [-0.1, -0.05) is 0 Å². The zero-order valence-electron chi connectivity index (χ0n) is 7.07. The molecule has 0 aromatic carbocycles. The predicted molar refractivity (Wildman–Crippen MR) is 44.7 cm³/mol. The highest BCUT2D eigenvalue weighted by Crippen LogP contribution is 2.06. The SMILES string of the molecule is COC(=O)c1cc(C(=O)Cl)nn1C. The zero-order chi connectivity index (χ0) is 10.0. The Hall–Kier alpha value is -1.36. The van der Waals surface area contributed by atoms with Gasteiger partial charge < -0.3 is 4.74 Å². The van der Waals surface area contributed by atoms with Crippen LogP contribution in [0.1, 0.15) is 21.0 Å². The molecule has 0 aliphatic heterocycles. The molecule has 0 saturated carbocycles. The second-order valence-electron chi connectivity index (χ2n) is 2.30. The van der Waals surface area contributed by atoms with Gasteiger partial charge in [-0.05, 0) is 11.6 Å². The van der Waals surface area contributed by atoms with Gasteiger partial charge in [-0.3, -0.25) is 9.48 Å². The maximum absolute atomic E-state index is 11.0. The van der Waals surface area contributed by atoms with E-state index in [0.29, 0.717) is 0 Å². The number of hydrogen-bond acceptors (Lipinski definition) is 4. The molecule has 1 rings (SSSR count). The molecule has 0 unspecified atom stereocenters. The molecule has 6 heteroatoms. The van der Waals surface area contributed by atoms with Crippen molar-refractivity contribution in [1.82, 2.24) is 9.78 Å². The van der Waals surface area contributed by atoms with Crippen molar-refractivity contribution in [3.63, 3.8) is 0 Å². The standard InChI is InChI=1S/C7H7ClN2O3/c1-10-5(7(12)13-2)3-4(9-10)6(8)11/h3H,1-2H3. The lowest BCUT2D eigenvalue weighted by Gasteiger charge is -1.96. The number of halogens is 1. The highest BCUT2D eigenvalue weighted by molar-refractivity contribution is 6.67. The largest absolute Gasteiger partial charge is 0.464 e. The van der Waals surface area contributed by atoms with Crippen LogP contribution in [0.15, 0.2) is 6.07 Å². The highest BCUT2D eigenvalue weighted by atomic mass is 35.5. The van der Waals surface area contributed by atoms with E-state index < -0.39 is 11.2 Å². The van der Waals surface area contributed by atoms with E-state index in [1.165, 1.54) is 24.9 Å². The lowest BCUT2D eigenvalue weighted by molar-refractivity contribution is 0.0588. The fraction of sp³-hybridized carbons (Fsp3) is 0.286. The first-order valence-electron chi connectivity index (χ1n) is 3.38. The molecule has 1 aromatic heterocycles. The second-order valence-corrected chi connectivity index (χ2v) is 2.65. The van der Waals surface area contributed by atoms with Crippen molar-refractivity contribution in [2.24, 2.45) is 7.05 Å². The summed E-state index contributed by atoms with van der Waals surface area (Å²) in [4.78, 5) is 21.7. The first kappa shape index (κ1) is 9.73. The van der Waals surface area contributed by atoms with Gasteiger partial charge in [-0.25, -0.2) is 4.79 Å².